The van der Waals surface area contributed by atoms with Crippen LogP contribution in [0.5, 0.6) is 0 Å². The lowest BCUT2D eigenvalue weighted by molar-refractivity contribution is 0.229. The molecular formula is C11H10ClNO2. The predicted octanol–water partition coefficient (Wildman–Crippen LogP) is 2.80. The number of hydrogen-bond acceptors (Lipinski definition) is 3. The molecule has 78 valence electrons. The fraction of sp³-hybridized carbons (Fsp3) is 0.182. The molecule has 0 aliphatic rings. The molecule has 2 rings (SSSR count). The van der Waals surface area contributed by atoms with Gasteiger partial charge in [0, 0.05) is 11.6 Å². The summed E-state index contributed by atoms with van der Waals surface area (Å²) in [7, 11) is 0. The van der Waals surface area contributed by atoms with Gasteiger partial charge in [-0.3, -0.25) is 0 Å². The maximum Gasteiger partial charge on any atom is 0.162 e. The van der Waals surface area contributed by atoms with E-state index < -0.39 is 0 Å². The second kappa shape index (κ2) is 4.04. The summed E-state index contributed by atoms with van der Waals surface area (Å²) in [5.41, 5.74) is 2.53. The number of aliphatic hydroxyl groups excluding tert-OH is 1. The molecule has 4 heteroatoms. The lowest BCUT2D eigenvalue weighted by atomic mass is 10.1. The highest BCUT2D eigenvalue weighted by atomic mass is 35.5. The van der Waals surface area contributed by atoms with Crippen molar-refractivity contribution in [3.8, 4) is 11.3 Å². The summed E-state index contributed by atoms with van der Waals surface area (Å²) in [4.78, 5) is 0. The Labute approximate surface area is 92.3 Å². The van der Waals surface area contributed by atoms with Gasteiger partial charge in [-0.05, 0) is 18.6 Å². The van der Waals surface area contributed by atoms with Gasteiger partial charge < -0.3 is 9.63 Å². The number of aliphatic hydroxyl groups is 1. The fourth-order valence-electron chi connectivity index (χ4n) is 1.46. The van der Waals surface area contributed by atoms with Crippen LogP contribution in [0.4, 0.5) is 0 Å². The van der Waals surface area contributed by atoms with Crippen molar-refractivity contribution >= 4 is 11.6 Å². The molecule has 0 radical (unpaired) electrons. The van der Waals surface area contributed by atoms with E-state index in [2.05, 4.69) is 5.16 Å². The van der Waals surface area contributed by atoms with Crippen molar-refractivity contribution in [2.45, 2.75) is 13.5 Å². The standard InChI is InChI=1S/C11H10ClNO2/c1-7-3-2-4-9(12)11(7)10-5-8(6-14)15-13-10/h2-5,14H,6H2,1H3. The van der Waals surface area contributed by atoms with Crippen molar-refractivity contribution in [1.29, 1.82) is 0 Å². The van der Waals surface area contributed by atoms with Crippen molar-refractivity contribution in [3.63, 3.8) is 0 Å². The summed E-state index contributed by atoms with van der Waals surface area (Å²) >= 11 is 6.07. The number of halogens is 1. The molecule has 1 heterocycles. The molecule has 0 spiro atoms. The summed E-state index contributed by atoms with van der Waals surface area (Å²) in [5, 5.41) is 13.4. The zero-order chi connectivity index (χ0) is 10.8. The van der Waals surface area contributed by atoms with E-state index in [0.717, 1.165) is 11.1 Å². The van der Waals surface area contributed by atoms with Gasteiger partial charge in [-0.2, -0.15) is 0 Å². The van der Waals surface area contributed by atoms with Crippen LogP contribution in [0.1, 0.15) is 11.3 Å². The van der Waals surface area contributed by atoms with Gasteiger partial charge in [-0.25, -0.2) is 0 Å². The molecule has 1 aromatic carbocycles. The van der Waals surface area contributed by atoms with E-state index in [1.807, 2.05) is 19.1 Å². The molecular weight excluding hydrogens is 214 g/mol. The minimum atomic E-state index is -0.156. The lowest BCUT2D eigenvalue weighted by Gasteiger charge is -2.03. The topological polar surface area (TPSA) is 46.3 Å². The first-order valence-electron chi connectivity index (χ1n) is 4.54. The largest absolute Gasteiger partial charge is 0.388 e. The Balaban J connectivity index is 2.53. The van der Waals surface area contributed by atoms with E-state index in [1.165, 1.54) is 0 Å². The quantitative estimate of drug-likeness (QED) is 0.852. The van der Waals surface area contributed by atoms with Crippen molar-refractivity contribution in [2.24, 2.45) is 0 Å². The monoisotopic (exact) mass is 223 g/mol. The average Bonchev–Trinajstić information content (AvgIpc) is 2.66. The number of aryl methyl sites for hydroxylation is 1. The smallest absolute Gasteiger partial charge is 0.162 e. The normalized spacial score (nSPS) is 10.6. The molecule has 0 atom stereocenters. The third kappa shape index (κ3) is 1.89. The molecule has 0 amide bonds. The summed E-state index contributed by atoms with van der Waals surface area (Å²) in [6.07, 6.45) is 0. The van der Waals surface area contributed by atoms with Crippen LogP contribution in [-0.4, -0.2) is 10.3 Å². The Morgan fingerprint density at radius 2 is 2.27 bits per heavy atom. The summed E-state index contributed by atoms with van der Waals surface area (Å²) in [6, 6.07) is 7.33. The van der Waals surface area contributed by atoms with Gasteiger partial charge in [0.1, 0.15) is 12.3 Å². The van der Waals surface area contributed by atoms with Crippen LogP contribution in [0.15, 0.2) is 28.8 Å². The first kappa shape index (κ1) is 10.2. The number of rotatable bonds is 2. The van der Waals surface area contributed by atoms with Crippen LogP contribution in [0.25, 0.3) is 11.3 Å². The minimum Gasteiger partial charge on any atom is -0.388 e. The maximum atomic E-state index is 8.87. The van der Waals surface area contributed by atoms with Gasteiger partial charge in [-0.1, -0.05) is 28.9 Å². The van der Waals surface area contributed by atoms with Gasteiger partial charge in [0.05, 0.1) is 5.02 Å². The molecule has 0 aliphatic carbocycles. The van der Waals surface area contributed by atoms with Gasteiger partial charge >= 0.3 is 0 Å². The van der Waals surface area contributed by atoms with Crippen molar-refractivity contribution in [2.75, 3.05) is 0 Å². The van der Waals surface area contributed by atoms with Crippen LogP contribution in [0, 0.1) is 6.92 Å². The molecule has 0 saturated heterocycles. The number of aromatic nitrogens is 1. The third-order valence-corrected chi connectivity index (χ3v) is 2.51. The average molecular weight is 224 g/mol. The molecule has 0 aliphatic heterocycles. The third-order valence-electron chi connectivity index (χ3n) is 2.19. The highest BCUT2D eigenvalue weighted by molar-refractivity contribution is 6.33. The number of benzene rings is 1. The molecule has 0 bridgehead atoms. The second-order valence-corrected chi connectivity index (χ2v) is 3.68. The molecule has 1 N–H and O–H groups in total. The van der Waals surface area contributed by atoms with Gasteiger partial charge in [0.2, 0.25) is 0 Å². The zero-order valence-electron chi connectivity index (χ0n) is 8.20. The molecule has 0 unspecified atom stereocenters. The molecule has 3 nitrogen and oxygen atoms in total. The Hall–Kier alpha value is -1.32. The van der Waals surface area contributed by atoms with E-state index >= 15 is 0 Å². The summed E-state index contributed by atoms with van der Waals surface area (Å²) in [5.74, 6) is 0.435. The second-order valence-electron chi connectivity index (χ2n) is 3.27. The van der Waals surface area contributed by atoms with Crippen molar-refractivity contribution in [1.82, 2.24) is 5.16 Å². The van der Waals surface area contributed by atoms with Crippen molar-refractivity contribution in [3.05, 3.63) is 40.6 Å². The predicted molar refractivity (Wildman–Crippen MR) is 57.6 cm³/mol. The van der Waals surface area contributed by atoms with Crippen LogP contribution < -0.4 is 0 Å². The highest BCUT2D eigenvalue weighted by Gasteiger charge is 2.11. The van der Waals surface area contributed by atoms with Crippen LogP contribution in [0.2, 0.25) is 5.02 Å². The molecule has 15 heavy (non-hydrogen) atoms. The van der Waals surface area contributed by atoms with E-state index in [0.29, 0.717) is 16.5 Å². The lowest BCUT2D eigenvalue weighted by Crippen LogP contribution is -1.84. The van der Waals surface area contributed by atoms with Gasteiger partial charge in [-0.15, -0.1) is 0 Å². The maximum absolute atomic E-state index is 8.87. The molecule has 2 aromatic rings. The van der Waals surface area contributed by atoms with Crippen molar-refractivity contribution < 1.29 is 9.63 Å². The van der Waals surface area contributed by atoms with E-state index in [4.69, 9.17) is 21.2 Å². The Morgan fingerprint density at radius 1 is 1.47 bits per heavy atom. The first-order chi connectivity index (χ1) is 7.22. The minimum absolute atomic E-state index is 0.156. The molecule has 1 aromatic heterocycles. The first-order valence-corrected chi connectivity index (χ1v) is 4.92. The summed E-state index contributed by atoms with van der Waals surface area (Å²) in [6.45, 7) is 1.80. The zero-order valence-corrected chi connectivity index (χ0v) is 8.95. The van der Waals surface area contributed by atoms with Crippen LogP contribution in [0.3, 0.4) is 0 Å². The van der Waals surface area contributed by atoms with Crippen LogP contribution in [-0.2, 0) is 6.61 Å². The van der Waals surface area contributed by atoms with Crippen LogP contribution >= 0.6 is 11.6 Å². The van der Waals surface area contributed by atoms with E-state index in [-0.39, 0.29) is 6.61 Å². The highest BCUT2D eigenvalue weighted by Crippen LogP contribution is 2.30. The Kier molecular flexibility index (Phi) is 2.75. The Morgan fingerprint density at radius 3 is 2.87 bits per heavy atom. The molecule has 0 saturated carbocycles. The fourth-order valence-corrected chi connectivity index (χ4v) is 1.78. The number of hydrogen-bond donors (Lipinski definition) is 1. The SMILES string of the molecule is Cc1cccc(Cl)c1-c1cc(CO)on1. The summed E-state index contributed by atoms with van der Waals surface area (Å²) < 4.78 is 4.92. The number of nitrogens with zero attached hydrogens (tertiary/aromatic N) is 1. The van der Waals surface area contributed by atoms with Gasteiger partial charge in [0.25, 0.3) is 0 Å². The van der Waals surface area contributed by atoms with E-state index in [1.54, 1.807) is 12.1 Å². The Bertz CT molecular complexity index is 459. The molecule has 0 fully saturated rings. The van der Waals surface area contributed by atoms with E-state index in [9.17, 15) is 0 Å². The van der Waals surface area contributed by atoms with Gasteiger partial charge in [0.15, 0.2) is 5.76 Å².